The van der Waals surface area contributed by atoms with E-state index in [9.17, 15) is 0 Å². The van der Waals surface area contributed by atoms with E-state index in [1.165, 1.54) is 5.56 Å². The molecule has 0 aliphatic carbocycles. The van der Waals surface area contributed by atoms with Crippen LogP contribution in [-0.4, -0.2) is 49.3 Å². The van der Waals surface area contributed by atoms with Crippen molar-refractivity contribution in [3.05, 3.63) is 48.7 Å². The van der Waals surface area contributed by atoms with E-state index in [-0.39, 0.29) is 12.4 Å². The smallest absolute Gasteiger partial charge is 0.390 e. The summed E-state index contributed by atoms with van der Waals surface area (Å²) in [7, 11) is 2.49. The molecule has 0 aliphatic rings. The molecule has 0 saturated carbocycles. The van der Waals surface area contributed by atoms with Crippen LogP contribution in [-0.2, 0) is 19.7 Å². The summed E-state index contributed by atoms with van der Waals surface area (Å²) < 4.78 is 16.3. The summed E-state index contributed by atoms with van der Waals surface area (Å²) in [5, 5.41) is 6.79. The third kappa shape index (κ3) is 8.28. The van der Waals surface area contributed by atoms with Gasteiger partial charge in [0.1, 0.15) is 0 Å². The van der Waals surface area contributed by atoms with Crippen LogP contribution in [0.5, 0.6) is 0 Å². The minimum Gasteiger partial charge on any atom is -0.390 e. The van der Waals surface area contributed by atoms with Crippen molar-refractivity contribution < 1.29 is 13.3 Å². The van der Waals surface area contributed by atoms with Crippen LogP contribution in [0.15, 0.2) is 43.1 Å². The Morgan fingerprint density at radius 1 is 1.12 bits per heavy atom. The Labute approximate surface area is 153 Å². The number of rotatable bonds is 13. The topological polar surface area (TPSA) is 51.8 Å². The largest absolute Gasteiger partial charge is 0.500 e. The summed E-state index contributed by atoms with van der Waals surface area (Å²) in [6.45, 7) is 5.46. The van der Waals surface area contributed by atoms with Crippen molar-refractivity contribution in [2.45, 2.75) is 24.9 Å². The van der Waals surface area contributed by atoms with Crippen molar-refractivity contribution in [1.82, 2.24) is 10.6 Å². The average Bonchev–Trinajstić information content (AvgIpc) is 2.61. The second-order valence-electron chi connectivity index (χ2n) is 5.35. The number of halogens is 1. The van der Waals surface area contributed by atoms with Gasteiger partial charge in [0.25, 0.3) is 0 Å². The Balaban J connectivity index is 0.00000529. The molecule has 1 aromatic carbocycles. The van der Waals surface area contributed by atoms with Gasteiger partial charge >= 0.3 is 8.80 Å². The van der Waals surface area contributed by atoms with Crippen LogP contribution in [0.3, 0.4) is 0 Å². The van der Waals surface area contributed by atoms with E-state index in [1.807, 2.05) is 6.07 Å². The molecular formula is C17H31ClN2O3Si. The van der Waals surface area contributed by atoms with Crippen molar-refractivity contribution in [3.63, 3.8) is 0 Å². The van der Waals surface area contributed by atoms with E-state index in [4.69, 9.17) is 13.3 Å². The van der Waals surface area contributed by atoms with Gasteiger partial charge in [-0.05, 0) is 31.1 Å². The molecule has 1 atom stereocenters. The zero-order chi connectivity index (χ0) is 17.0. The normalized spacial score (nSPS) is 12.3. The lowest BCUT2D eigenvalue weighted by atomic mass is 10.1. The Kier molecular flexibility index (Phi) is 12.9. The molecule has 0 radical (unpaired) electrons. The van der Waals surface area contributed by atoms with Gasteiger partial charge in [-0.3, -0.25) is 0 Å². The molecule has 0 bridgehead atoms. The van der Waals surface area contributed by atoms with Crippen LogP contribution in [0.4, 0.5) is 0 Å². The first-order valence-corrected chi connectivity index (χ1v) is 9.90. The minimum atomic E-state index is -2.46. The first kappa shape index (κ1) is 23.1. The van der Waals surface area contributed by atoms with E-state index in [0.29, 0.717) is 6.04 Å². The Morgan fingerprint density at radius 3 is 2.29 bits per heavy atom. The summed E-state index contributed by atoms with van der Waals surface area (Å²) in [6.07, 6.45) is 3.66. The molecule has 24 heavy (non-hydrogen) atoms. The lowest BCUT2D eigenvalue weighted by Crippen LogP contribution is -2.44. The number of nitrogens with one attached hydrogen (secondary N) is 2. The predicted molar refractivity (Wildman–Crippen MR) is 104 cm³/mol. The van der Waals surface area contributed by atoms with Gasteiger partial charge in [-0.25, -0.2) is 0 Å². The average molecular weight is 375 g/mol. The molecule has 0 amide bonds. The standard InChI is InChI=1S/C17H30N2O3Si.ClH/c1-5-18-15-17(14-16-10-7-6-8-11-16)19-12-9-13-23(20-2,21-3)22-4;/h5-8,10-11,17-19H,1,9,12-15H2,2-4H3;1H. The monoisotopic (exact) mass is 374 g/mol. The molecule has 1 rings (SSSR count). The van der Waals surface area contributed by atoms with Gasteiger partial charge in [-0.15, -0.1) is 12.4 Å². The lowest BCUT2D eigenvalue weighted by molar-refractivity contribution is 0.123. The van der Waals surface area contributed by atoms with Crippen molar-refractivity contribution in [2.75, 3.05) is 34.4 Å². The van der Waals surface area contributed by atoms with Gasteiger partial charge < -0.3 is 23.9 Å². The third-order valence-corrected chi connectivity index (χ3v) is 6.69. The molecule has 5 nitrogen and oxygen atoms in total. The first-order chi connectivity index (χ1) is 11.2. The van der Waals surface area contributed by atoms with Gasteiger partial charge in [-0.2, -0.15) is 0 Å². The quantitative estimate of drug-likeness (QED) is 0.410. The zero-order valence-electron chi connectivity index (χ0n) is 14.9. The summed E-state index contributed by atoms with van der Waals surface area (Å²) in [5.41, 5.74) is 1.32. The molecule has 0 spiro atoms. The predicted octanol–water partition coefficient (Wildman–Crippen LogP) is 2.61. The zero-order valence-corrected chi connectivity index (χ0v) is 16.7. The molecule has 0 fully saturated rings. The molecule has 0 heterocycles. The molecule has 138 valence electrons. The highest BCUT2D eigenvalue weighted by molar-refractivity contribution is 6.60. The maximum absolute atomic E-state index is 5.44. The number of benzene rings is 1. The molecule has 7 heteroatoms. The van der Waals surface area contributed by atoms with Crippen LogP contribution < -0.4 is 10.6 Å². The molecule has 2 N–H and O–H groups in total. The van der Waals surface area contributed by atoms with Crippen LogP contribution in [0, 0.1) is 0 Å². The molecule has 1 unspecified atom stereocenters. The van der Waals surface area contributed by atoms with Crippen LogP contribution >= 0.6 is 12.4 Å². The number of hydrogen-bond donors (Lipinski definition) is 2. The van der Waals surface area contributed by atoms with Gasteiger partial charge in [0.05, 0.1) is 0 Å². The summed E-state index contributed by atoms with van der Waals surface area (Å²) in [5.74, 6) is 0. The van der Waals surface area contributed by atoms with Crippen LogP contribution in [0.1, 0.15) is 12.0 Å². The van der Waals surface area contributed by atoms with Crippen molar-refractivity contribution in [3.8, 4) is 0 Å². The molecular weight excluding hydrogens is 344 g/mol. The third-order valence-electron chi connectivity index (χ3n) is 3.86. The van der Waals surface area contributed by atoms with E-state index in [2.05, 4.69) is 41.5 Å². The lowest BCUT2D eigenvalue weighted by Gasteiger charge is -2.25. The highest BCUT2D eigenvalue weighted by Crippen LogP contribution is 2.14. The maximum atomic E-state index is 5.44. The highest BCUT2D eigenvalue weighted by Gasteiger charge is 2.36. The van der Waals surface area contributed by atoms with E-state index in [1.54, 1.807) is 27.5 Å². The Hall–Kier alpha value is -0.893. The van der Waals surface area contributed by atoms with Crippen molar-refractivity contribution in [2.24, 2.45) is 0 Å². The molecule has 0 saturated heterocycles. The first-order valence-electron chi connectivity index (χ1n) is 7.96. The van der Waals surface area contributed by atoms with Crippen molar-refractivity contribution >= 4 is 21.2 Å². The van der Waals surface area contributed by atoms with Gasteiger partial charge in [-0.1, -0.05) is 36.9 Å². The second-order valence-corrected chi connectivity index (χ2v) is 8.44. The fourth-order valence-electron chi connectivity index (χ4n) is 2.51. The Morgan fingerprint density at radius 2 is 1.75 bits per heavy atom. The van der Waals surface area contributed by atoms with Crippen LogP contribution in [0.2, 0.25) is 6.04 Å². The van der Waals surface area contributed by atoms with Gasteiger partial charge in [0.15, 0.2) is 0 Å². The van der Waals surface area contributed by atoms with Gasteiger partial charge in [0.2, 0.25) is 0 Å². The highest BCUT2D eigenvalue weighted by atomic mass is 35.5. The Bertz CT molecular complexity index is 425. The maximum Gasteiger partial charge on any atom is 0.500 e. The second kappa shape index (κ2) is 13.4. The summed E-state index contributed by atoms with van der Waals surface area (Å²) in [4.78, 5) is 0. The van der Waals surface area contributed by atoms with Crippen molar-refractivity contribution in [1.29, 1.82) is 0 Å². The molecule has 1 aromatic rings. The molecule has 0 aliphatic heterocycles. The minimum absolute atomic E-state index is 0. The van der Waals surface area contributed by atoms with Crippen LogP contribution in [0.25, 0.3) is 0 Å². The fraction of sp³-hybridized carbons (Fsp3) is 0.529. The fourth-order valence-corrected chi connectivity index (χ4v) is 4.23. The SMILES string of the molecule is C=CNCC(Cc1ccccc1)NCCC[Si](OC)(OC)OC.Cl. The molecule has 0 aromatic heterocycles. The van der Waals surface area contributed by atoms with Gasteiger partial charge in [0, 0.05) is 40.0 Å². The summed E-state index contributed by atoms with van der Waals surface area (Å²) >= 11 is 0. The summed E-state index contributed by atoms with van der Waals surface area (Å²) in [6, 6.07) is 11.6. The van der Waals surface area contributed by atoms with E-state index in [0.717, 1.165) is 32.0 Å². The number of hydrogen-bond acceptors (Lipinski definition) is 5. The van der Waals surface area contributed by atoms with E-state index >= 15 is 0 Å². The van der Waals surface area contributed by atoms with E-state index < -0.39 is 8.80 Å².